The van der Waals surface area contributed by atoms with Crippen LogP contribution in [0, 0.1) is 0 Å². The number of carboxylic acids is 2. The highest BCUT2D eigenvalue weighted by atomic mass is 32.1. The van der Waals surface area contributed by atoms with Crippen LogP contribution < -0.4 is 22.5 Å². The molecular weight excluding hydrogens is 412 g/mol. The average molecular weight is 439 g/mol. The lowest BCUT2D eigenvalue weighted by molar-refractivity contribution is -0.306. The first-order valence-electron chi connectivity index (χ1n) is 7.07. The molecule has 0 aliphatic rings. The number of carbonyl (C=O) groups is 4. The van der Waals surface area contributed by atoms with E-state index in [2.05, 4.69) is 47.1 Å². The first-order valence-corrected chi connectivity index (χ1v) is 7.89. The van der Waals surface area contributed by atoms with Crippen molar-refractivity contribution in [2.24, 2.45) is 0 Å². The zero-order valence-corrected chi connectivity index (χ0v) is 18.0. The second-order valence-electron chi connectivity index (χ2n) is 4.83. The highest BCUT2D eigenvalue weighted by Gasteiger charge is 2.07. The minimum atomic E-state index is -1.23. The van der Waals surface area contributed by atoms with Crippen molar-refractivity contribution in [2.45, 2.75) is 39.5 Å². The maximum Gasteiger partial charge on any atom is 0.339 e. The predicted octanol–water partition coefficient (Wildman–Crippen LogP) is 0.679. The van der Waals surface area contributed by atoms with Crippen LogP contribution in [0.25, 0.3) is 0 Å². The third-order valence-electron chi connectivity index (χ3n) is 2.18. The van der Waals surface area contributed by atoms with Gasteiger partial charge in [0, 0.05) is 35.9 Å². The van der Waals surface area contributed by atoms with Gasteiger partial charge in [-0.3, -0.25) is 0 Å². The summed E-state index contributed by atoms with van der Waals surface area (Å²) in [4.78, 5) is 41.6. The van der Waals surface area contributed by atoms with Crippen LogP contribution in [0.1, 0.15) is 39.5 Å². The predicted molar refractivity (Wildman–Crippen MR) is 107 cm³/mol. The quantitative estimate of drug-likeness (QED) is 0.307. The van der Waals surface area contributed by atoms with Crippen LogP contribution in [0.3, 0.4) is 0 Å². The molecule has 28 heavy (non-hydrogen) atoms. The Balaban J connectivity index is -0.000000192. The Morgan fingerprint density at radius 3 is 1.14 bits per heavy atom. The number of thiocarbonyl (C=S) groups is 2. The van der Waals surface area contributed by atoms with Gasteiger partial charge in [-0.05, 0) is 51.1 Å². The molecule has 0 aliphatic carbocycles. The minimum absolute atomic E-state index is 0. The molecule has 10 nitrogen and oxygen atoms in total. The Morgan fingerprint density at radius 1 is 0.714 bits per heavy atom. The van der Waals surface area contributed by atoms with Gasteiger partial charge in [0.1, 0.15) is 0 Å². The maximum absolute atomic E-state index is 10.8. The van der Waals surface area contributed by atoms with Crippen LogP contribution >= 0.6 is 24.4 Å². The van der Waals surface area contributed by atoms with Gasteiger partial charge in [-0.15, -0.1) is 0 Å². The largest absolute Gasteiger partial charge is 0.550 e. The molecule has 0 aliphatic heterocycles. The van der Waals surface area contributed by atoms with E-state index in [0.29, 0.717) is 0 Å². The lowest BCUT2D eigenvalue weighted by Gasteiger charge is -2.05. The van der Waals surface area contributed by atoms with Gasteiger partial charge in [0.15, 0.2) is 10.1 Å². The van der Waals surface area contributed by atoms with Crippen molar-refractivity contribution in [1.29, 1.82) is 0 Å². The lowest BCUT2D eigenvalue weighted by Crippen LogP contribution is -2.23. The Labute approximate surface area is 173 Å². The molecule has 0 heterocycles. The highest BCUT2D eigenvalue weighted by molar-refractivity contribution is 7.80. The molecule has 0 aromatic heterocycles. The molecule has 0 aromatic carbocycles. The number of carbonyl (C=O) groups excluding carboxylic acids is 4. The van der Waals surface area contributed by atoms with E-state index in [1.165, 1.54) is 13.8 Å². The van der Waals surface area contributed by atoms with E-state index in [1.54, 1.807) is 0 Å². The fourth-order valence-corrected chi connectivity index (χ4v) is 1.25. The lowest BCUT2D eigenvalue weighted by atomic mass is 10.3. The Hall–Kier alpha value is -2.54. The molecule has 12 heteroatoms. The monoisotopic (exact) mass is 438 g/mol. The molecule has 0 rings (SSSR count). The third kappa shape index (κ3) is 21.5. The van der Waals surface area contributed by atoms with Crippen molar-refractivity contribution in [3.05, 3.63) is 24.3 Å². The molecule has 0 fully saturated rings. The number of carboxylic acid groups (broad SMARTS) is 2. The molecule has 0 saturated carbocycles. The van der Waals surface area contributed by atoms with Gasteiger partial charge in [0.2, 0.25) is 0 Å². The SMILES string of the molecule is C=C(C)C(=O)OC(=S)CCC(=O)[O-].C=C(C)C(=O)OC(=S)CCC(=O)[O-].[NH4+].[NH4+]. The zero-order valence-electron chi connectivity index (χ0n) is 16.3. The normalized spacial score (nSPS) is 8.36. The summed E-state index contributed by atoms with van der Waals surface area (Å²) in [6.07, 6.45) is -0.502. The van der Waals surface area contributed by atoms with E-state index in [1.807, 2.05) is 0 Å². The molecule has 0 radical (unpaired) electrons. The Morgan fingerprint density at radius 2 is 0.964 bits per heavy atom. The fraction of sp³-hybridized carbons (Fsp3) is 0.375. The Bertz CT molecular complexity index is 578. The summed E-state index contributed by atoms with van der Waals surface area (Å²) in [5, 5.41) is 19.9. The molecule has 160 valence electrons. The number of ether oxygens (including phenoxy) is 2. The Kier molecular flexibility index (Phi) is 21.1. The number of aliphatic carboxylic acids is 2. The molecule has 8 N–H and O–H groups in total. The van der Waals surface area contributed by atoms with Crippen LogP contribution in [0.15, 0.2) is 24.3 Å². The van der Waals surface area contributed by atoms with Crippen LogP contribution in [0.2, 0.25) is 0 Å². The van der Waals surface area contributed by atoms with Gasteiger partial charge in [-0.2, -0.15) is 0 Å². The molecule has 0 spiro atoms. The van der Waals surface area contributed by atoms with Crippen molar-refractivity contribution in [1.82, 2.24) is 12.3 Å². The number of quaternary nitrogens is 2. The second kappa shape index (κ2) is 17.9. The van der Waals surface area contributed by atoms with Crippen molar-refractivity contribution in [3.63, 3.8) is 0 Å². The summed E-state index contributed by atoms with van der Waals surface area (Å²) in [5.41, 5.74) is 0.437. The maximum atomic E-state index is 10.8. The van der Waals surface area contributed by atoms with Crippen molar-refractivity contribution in [3.8, 4) is 0 Å². The van der Waals surface area contributed by atoms with Gasteiger partial charge in [-0.25, -0.2) is 9.59 Å². The molecular formula is C16H26N2O8S2. The van der Waals surface area contributed by atoms with Gasteiger partial charge < -0.3 is 41.6 Å². The van der Waals surface area contributed by atoms with Gasteiger partial charge in [0.05, 0.1) is 0 Å². The first-order chi connectivity index (χ1) is 11.9. The molecule has 0 unspecified atom stereocenters. The van der Waals surface area contributed by atoms with Crippen molar-refractivity contribution < 1.29 is 38.9 Å². The van der Waals surface area contributed by atoms with Gasteiger partial charge in [0.25, 0.3) is 0 Å². The van der Waals surface area contributed by atoms with E-state index < -0.39 is 23.9 Å². The topological polar surface area (TPSA) is 206 Å². The van der Waals surface area contributed by atoms with Crippen molar-refractivity contribution in [2.75, 3.05) is 0 Å². The summed E-state index contributed by atoms with van der Waals surface area (Å²) in [6, 6.07) is 0. The molecule has 0 saturated heterocycles. The smallest absolute Gasteiger partial charge is 0.339 e. The van der Waals surface area contributed by atoms with E-state index in [4.69, 9.17) is 0 Å². The summed E-state index contributed by atoms with van der Waals surface area (Å²) in [6.45, 7) is 9.63. The fourth-order valence-electron chi connectivity index (χ4n) is 0.891. The molecule has 0 aromatic rings. The second-order valence-corrected chi connectivity index (χ2v) is 5.74. The number of esters is 2. The minimum Gasteiger partial charge on any atom is -0.550 e. The van der Waals surface area contributed by atoms with Gasteiger partial charge in [-0.1, -0.05) is 13.2 Å². The van der Waals surface area contributed by atoms with E-state index in [9.17, 15) is 29.4 Å². The van der Waals surface area contributed by atoms with Crippen LogP contribution in [0.5, 0.6) is 0 Å². The number of hydrogen-bond donors (Lipinski definition) is 2. The van der Waals surface area contributed by atoms with Crippen molar-refractivity contribution >= 4 is 58.4 Å². The standard InChI is InChI=1S/2C8H10O4S.2H3N/c2*1-5(2)8(11)12-7(13)4-3-6(9)10;;/h2*1,3-4H2,2H3,(H,9,10);2*1H3. The third-order valence-corrected chi connectivity index (χ3v) is 2.75. The number of hydrogen-bond acceptors (Lipinski definition) is 10. The first kappa shape index (κ1) is 33.1. The van der Waals surface area contributed by atoms with Crippen LogP contribution in [-0.2, 0) is 28.7 Å². The number of rotatable bonds is 8. The van der Waals surface area contributed by atoms with E-state index in [0.717, 1.165) is 0 Å². The molecule has 0 bridgehead atoms. The molecule has 0 atom stereocenters. The van der Waals surface area contributed by atoms with Gasteiger partial charge >= 0.3 is 11.9 Å². The summed E-state index contributed by atoms with van der Waals surface area (Å²) in [7, 11) is 0. The summed E-state index contributed by atoms with van der Waals surface area (Å²) in [5.74, 6) is -3.73. The van der Waals surface area contributed by atoms with Crippen LogP contribution in [-0.4, -0.2) is 34.0 Å². The summed E-state index contributed by atoms with van der Waals surface area (Å²) < 4.78 is 9.13. The molecule has 0 amide bonds. The highest BCUT2D eigenvalue weighted by Crippen LogP contribution is 2.00. The van der Waals surface area contributed by atoms with E-state index in [-0.39, 0.29) is 59.2 Å². The zero-order chi connectivity index (χ0) is 20.9. The average Bonchev–Trinajstić information content (AvgIpc) is 2.51. The van der Waals surface area contributed by atoms with Crippen LogP contribution in [0.4, 0.5) is 0 Å². The summed E-state index contributed by atoms with van der Waals surface area (Å²) >= 11 is 9.19. The van der Waals surface area contributed by atoms with E-state index >= 15 is 0 Å².